The predicted octanol–water partition coefficient (Wildman–Crippen LogP) is 2.83. The summed E-state index contributed by atoms with van der Waals surface area (Å²) in [5.41, 5.74) is 3.53. The second kappa shape index (κ2) is 6.57. The molecule has 2 aromatic rings. The van der Waals surface area contributed by atoms with Crippen LogP contribution in [0.3, 0.4) is 0 Å². The number of benzene rings is 1. The standard InChI is InChI=1S/C16H23N3O/c1-5-10-17-16(15-11-19(3)18-12(15)2)13-6-8-14(20-4)9-7-13/h6-9,11,16-17H,5,10H2,1-4H3. The van der Waals surface area contributed by atoms with Crippen molar-refractivity contribution in [1.29, 1.82) is 0 Å². The molecule has 0 spiro atoms. The number of nitrogens with zero attached hydrogens (tertiary/aromatic N) is 2. The maximum absolute atomic E-state index is 5.23. The minimum absolute atomic E-state index is 0.176. The van der Waals surface area contributed by atoms with Crippen LogP contribution in [0.25, 0.3) is 0 Å². The number of aryl methyl sites for hydroxylation is 2. The van der Waals surface area contributed by atoms with Gasteiger partial charge in [-0.25, -0.2) is 0 Å². The molecule has 0 aliphatic rings. The van der Waals surface area contributed by atoms with Crippen LogP contribution in [0.4, 0.5) is 0 Å². The smallest absolute Gasteiger partial charge is 0.118 e. The molecule has 4 heteroatoms. The Kier molecular flexibility index (Phi) is 4.79. The van der Waals surface area contributed by atoms with E-state index < -0.39 is 0 Å². The zero-order valence-corrected chi connectivity index (χ0v) is 12.7. The van der Waals surface area contributed by atoms with Gasteiger partial charge in [-0.05, 0) is 37.6 Å². The lowest BCUT2D eigenvalue weighted by molar-refractivity contribution is 0.414. The Hall–Kier alpha value is -1.81. The Morgan fingerprint density at radius 2 is 2.00 bits per heavy atom. The van der Waals surface area contributed by atoms with Gasteiger partial charge in [-0.1, -0.05) is 19.1 Å². The van der Waals surface area contributed by atoms with E-state index in [1.54, 1.807) is 7.11 Å². The monoisotopic (exact) mass is 273 g/mol. The van der Waals surface area contributed by atoms with Crippen LogP contribution in [0.1, 0.15) is 36.2 Å². The Bertz CT molecular complexity index is 545. The van der Waals surface area contributed by atoms with Gasteiger partial charge in [0.05, 0.1) is 18.8 Å². The van der Waals surface area contributed by atoms with E-state index in [4.69, 9.17) is 4.74 Å². The molecule has 0 saturated carbocycles. The molecule has 1 aromatic carbocycles. The van der Waals surface area contributed by atoms with Crippen LogP contribution in [-0.2, 0) is 7.05 Å². The van der Waals surface area contributed by atoms with Gasteiger partial charge in [0.1, 0.15) is 5.75 Å². The molecule has 0 fully saturated rings. The fourth-order valence-corrected chi connectivity index (χ4v) is 2.39. The van der Waals surface area contributed by atoms with Gasteiger partial charge in [0.25, 0.3) is 0 Å². The van der Waals surface area contributed by atoms with Crippen molar-refractivity contribution in [1.82, 2.24) is 15.1 Å². The molecule has 1 atom stereocenters. The van der Waals surface area contributed by atoms with Crippen LogP contribution in [0, 0.1) is 6.92 Å². The van der Waals surface area contributed by atoms with Gasteiger partial charge < -0.3 is 10.1 Å². The first kappa shape index (κ1) is 14.6. The first-order valence-corrected chi connectivity index (χ1v) is 7.03. The number of nitrogens with one attached hydrogen (secondary N) is 1. The van der Waals surface area contributed by atoms with Crippen LogP contribution in [0.15, 0.2) is 30.5 Å². The van der Waals surface area contributed by atoms with Gasteiger partial charge in [-0.15, -0.1) is 0 Å². The molecule has 0 amide bonds. The summed E-state index contributed by atoms with van der Waals surface area (Å²) in [6, 6.07) is 8.40. The van der Waals surface area contributed by atoms with Gasteiger partial charge in [0.15, 0.2) is 0 Å². The Labute approximate surface area is 120 Å². The molecule has 4 nitrogen and oxygen atoms in total. The lowest BCUT2D eigenvalue weighted by Gasteiger charge is -2.19. The Balaban J connectivity index is 2.33. The van der Waals surface area contributed by atoms with Crippen molar-refractivity contribution < 1.29 is 4.74 Å². The Morgan fingerprint density at radius 3 is 2.50 bits per heavy atom. The highest BCUT2D eigenvalue weighted by Gasteiger charge is 2.17. The number of methoxy groups -OCH3 is 1. The van der Waals surface area contributed by atoms with Crippen LogP contribution in [0.5, 0.6) is 5.75 Å². The van der Waals surface area contributed by atoms with Crippen LogP contribution in [0.2, 0.25) is 0 Å². The normalized spacial score (nSPS) is 12.4. The van der Waals surface area contributed by atoms with E-state index in [2.05, 4.69) is 42.6 Å². The highest BCUT2D eigenvalue weighted by Crippen LogP contribution is 2.26. The van der Waals surface area contributed by atoms with Gasteiger partial charge >= 0.3 is 0 Å². The van der Waals surface area contributed by atoms with Gasteiger partial charge in [0, 0.05) is 18.8 Å². The lowest BCUT2D eigenvalue weighted by Crippen LogP contribution is -2.23. The van der Waals surface area contributed by atoms with Crippen molar-refractivity contribution in [3.8, 4) is 5.75 Å². The molecular weight excluding hydrogens is 250 g/mol. The first-order valence-electron chi connectivity index (χ1n) is 7.03. The molecule has 0 aliphatic heterocycles. The molecule has 108 valence electrons. The molecule has 0 radical (unpaired) electrons. The van der Waals surface area contributed by atoms with Gasteiger partial charge in [0.2, 0.25) is 0 Å². The van der Waals surface area contributed by atoms with Crippen molar-refractivity contribution in [2.45, 2.75) is 26.3 Å². The molecular formula is C16H23N3O. The van der Waals surface area contributed by atoms with Gasteiger partial charge in [-0.3, -0.25) is 4.68 Å². The van der Waals surface area contributed by atoms with Crippen molar-refractivity contribution in [3.05, 3.63) is 47.3 Å². The molecule has 1 unspecified atom stereocenters. The molecule has 20 heavy (non-hydrogen) atoms. The molecule has 1 heterocycles. The van der Waals surface area contributed by atoms with Crippen LogP contribution < -0.4 is 10.1 Å². The summed E-state index contributed by atoms with van der Waals surface area (Å²) in [6.07, 6.45) is 3.19. The highest BCUT2D eigenvalue weighted by molar-refractivity contribution is 5.36. The number of ether oxygens (including phenoxy) is 1. The van der Waals surface area contributed by atoms with Gasteiger partial charge in [-0.2, -0.15) is 5.10 Å². The number of aromatic nitrogens is 2. The van der Waals surface area contributed by atoms with Crippen LogP contribution >= 0.6 is 0 Å². The van der Waals surface area contributed by atoms with E-state index in [-0.39, 0.29) is 6.04 Å². The van der Waals surface area contributed by atoms with E-state index in [0.29, 0.717) is 0 Å². The maximum Gasteiger partial charge on any atom is 0.118 e. The van der Waals surface area contributed by atoms with Crippen molar-refractivity contribution in [3.63, 3.8) is 0 Å². The maximum atomic E-state index is 5.23. The molecule has 1 N–H and O–H groups in total. The first-order chi connectivity index (χ1) is 9.65. The average Bonchev–Trinajstić information content (AvgIpc) is 2.79. The summed E-state index contributed by atoms with van der Waals surface area (Å²) in [6.45, 7) is 5.21. The topological polar surface area (TPSA) is 39.1 Å². The van der Waals surface area contributed by atoms with Crippen molar-refractivity contribution in [2.24, 2.45) is 7.05 Å². The zero-order valence-electron chi connectivity index (χ0n) is 12.7. The van der Waals surface area contributed by atoms with Crippen molar-refractivity contribution in [2.75, 3.05) is 13.7 Å². The summed E-state index contributed by atoms with van der Waals surface area (Å²) in [4.78, 5) is 0. The van der Waals surface area contributed by atoms with Crippen LogP contribution in [-0.4, -0.2) is 23.4 Å². The summed E-state index contributed by atoms with van der Waals surface area (Å²) in [5, 5.41) is 8.05. The number of hydrogen-bond acceptors (Lipinski definition) is 3. The fraction of sp³-hybridized carbons (Fsp3) is 0.438. The predicted molar refractivity (Wildman–Crippen MR) is 81.1 cm³/mol. The lowest BCUT2D eigenvalue weighted by atomic mass is 9.99. The minimum Gasteiger partial charge on any atom is -0.497 e. The Morgan fingerprint density at radius 1 is 1.30 bits per heavy atom. The SMILES string of the molecule is CCCNC(c1ccc(OC)cc1)c1cn(C)nc1C. The third-order valence-corrected chi connectivity index (χ3v) is 3.41. The number of hydrogen-bond donors (Lipinski definition) is 1. The summed E-state index contributed by atoms with van der Waals surface area (Å²) >= 11 is 0. The summed E-state index contributed by atoms with van der Waals surface area (Å²) < 4.78 is 7.10. The summed E-state index contributed by atoms with van der Waals surface area (Å²) in [5.74, 6) is 0.880. The van der Waals surface area contributed by atoms with E-state index in [0.717, 1.165) is 24.4 Å². The third-order valence-electron chi connectivity index (χ3n) is 3.41. The number of rotatable bonds is 6. The summed E-state index contributed by atoms with van der Waals surface area (Å²) in [7, 11) is 3.65. The quantitative estimate of drug-likeness (QED) is 0.879. The molecule has 1 aromatic heterocycles. The molecule has 0 bridgehead atoms. The molecule has 2 rings (SSSR count). The second-order valence-electron chi connectivity index (χ2n) is 5.00. The van der Waals surface area contributed by atoms with E-state index in [9.17, 15) is 0 Å². The van der Waals surface area contributed by atoms with E-state index in [1.165, 1.54) is 11.1 Å². The molecule has 0 saturated heterocycles. The zero-order chi connectivity index (χ0) is 14.5. The average molecular weight is 273 g/mol. The fourth-order valence-electron chi connectivity index (χ4n) is 2.39. The minimum atomic E-state index is 0.176. The second-order valence-corrected chi connectivity index (χ2v) is 5.00. The third kappa shape index (κ3) is 3.20. The highest BCUT2D eigenvalue weighted by atomic mass is 16.5. The largest absolute Gasteiger partial charge is 0.497 e. The molecule has 0 aliphatic carbocycles. The van der Waals surface area contributed by atoms with E-state index in [1.807, 2.05) is 23.9 Å². The van der Waals surface area contributed by atoms with E-state index >= 15 is 0 Å². The van der Waals surface area contributed by atoms with Crippen molar-refractivity contribution >= 4 is 0 Å².